The first kappa shape index (κ1) is 24.3. The minimum Gasteiger partial charge on any atom is -0.319 e. The van der Waals surface area contributed by atoms with Gasteiger partial charge in [0.15, 0.2) is 5.69 Å². The number of rotatable bonds is 4. The van der Waals surface area contributed by atoms with Crippen molar-refractivity contribution in [2.45, 2.75) is 12.4 Å². The smallest absolute Gasteiger partial charge is 0.319 e. The van der Waals surface area contributed by atoms with Crippen LogP contribution in [0.4, 0.5) is 43.7 Å². The molecule has 0 aliphatic carbocycles. The number of anilines is 2. The van der Waals surface area contributed by atoms with E-state index >= 15 is 0 Å². The van der Waals surface area contributed by atoms with Crippen LogP contribution in [0.25, 0.3) is 5.69 Å². The van der Waals surface area contributed by atoms with Gasteiger partial charge in [0.25, 0.3) is 11.2 Å². The van der Waals surface area contributed by atoms with Crippen LogP contribution in [0.2, 0.25) is 10.0 Å². The van der Waals surface area contributed by atoms with E-state index in [1.54, 1.807) is 0 Å². The van der Waals surface area contributed by atoms with E-state index in [-0.39, 0.29) is 27.9 Å². The average molecular weight is 513 g/mol. The summed E-state index contributed by atoms with van der Waals surface area (Å²) >= 11 is 11.8. The summed E-state index contributed by atoms with van der Waals surface area (Å²) in [5.74, 6) is -0.879. The molecule has 1 heterocycles. The molecule has 1 N–H and O–H groups in total. The fraction of sp³-hybridized carbons (Fsp3) is 0.111. The lowest BCUT2D eigenvalue weighted by Gasteiger charge is -2.17. The SMILES string of the molecule is O=c1cc(C(F)(F)F)nc(Nc2ccc(C(F)(F)F)cc2[N+](=O)[O-])n1-c1cc(Cl)cc(Cl)c1. The molecule has 0 aliphatic rings. The molecule has 1 aromatic heterocycles. The zero-order chi connectivity index (χ0) is 24.7. The maximum atomic E-state index is 13.2. The van der Waals surface area contributed by atoms with Crippen LogP contribution in [-0.2, 0) is 12.4 Å². The predicted molar refractivity (Wildman–Crippen MR) is 106 cm³/mol. The summed E-state index contributed by atoms with van der Waals surface area (Å²) in [4.78, 5) is 26.0. The lowest BCUT2D eigenvalue weighted by atomic mass is 10.1. The third kappa shape index (κ3) is 5.37. The van der Waals surface area contributed by atoms with Crippen molar-refractivity contribution in [3.05, 3.63) is 84.2 Å². The van der Waals surface area contributed by atoms with Crippen molar-refractivity contribution in [3.8, 4) is 5.69 Å². The number of nitro benzene ring substituents is 1. The molecule has 3 aromatic rings. The molecular formula is C18H8Cl2F6N4O3. The zero-order valence-electron chi connectivity index (χ0n) is 15.6. The molecule has 0 unspecified atom stereocenters. The Kier molecular flexibility index (Phi) is 6.31. The van der Waals surface area contributed by atoms with Crippen LogP contribution in [-0.4, -0.2) is 14.5 Å². The van der Waals surface area contributed by atoms with Gasteiger partial charge in [-0.2, -0.15) is 26.3 Å². The Balaban J connectivity index is 2.26. The van der Waals surface area contributed by atoms with Gasteiger partial charge in [0.05, 0.1) is 16.2 Å². The van der Waals surface area contributed by atoms with E-state index in [9.17, 15) is 41.3 Å². The van der Waals surface area contributed by atoms with Crippen LogP contribution in [0.15, 0.2) is 47.3 Å². The Labute approximate surface area is 189 Å². The van der Waals surface area contributed by atoms with Gasteiger partial charge in [-0.3, -0.25) is 14.9 Å². The lowest BCUT2D eigenvalue weighted by Crippen LogP contribution is -2.25. The average Bonchev–Trinajstić information content (AvgIpc) is 2.65. The monoisotopic (exact) mass is 512 g/mol. The summed E-state index contributed by atoms with van der Waals surface area (Å²) in [5, 5.41) is 13.5. The highest BCUT2D eigenvalue weighted by Crippen LogP contribution is 2.36. The number of aromatic nitrogens is 2. The normalized spacial score (nSPS) is 12.0. The van der Waals surface area contributed by atoms with Crippen LogP contribution in [0.1, 0.15) is 11.3 Å². The van der Waals surface area contributed by atoms with E-state index in [4.69, 9.17) is 23.2 Å². The number of halogens is 8. The number of hydrogen-bond acceptors (Lipinski definition) is 5. The van der Waals surface area contributed by atoms with Crippen molar-refractivity contribution in [2.75, 3.05) is 5.32 Å². The van der Waals surface area contributed by atoms with Crippen molar-refractivity contribution < 1.29 is 31.3 Å². The summed E-state index contributed by atoms with van der Waals surface area (Å²) in [7, 11) is 0. The van der Waals surface area contributed by atoms with Gasteiger partial charge in [0.1, 0.15) is 5.69 Å². The largest absolute Gasteiger partial charge is 0.433 e. The second-order valence-corrected chi connectivity index (χ2v) is 7.25. The molecule has 0 amide bonds. The van der Waals surface area contributed by atoms with E-state index in [1.807, 2.05) is 0 Å². The third-order valence-corrected chi connectivity index (χ3v) is 4.52. The van der Waals surface area contributed by atoms with Crippen molar-refractivity contribution >= 4 is 40.5 Å². The first-order chi connectivity index (χ1) is 15.2. The summed E-state index contributed by atoms with van der Waals surface area (Å²) in [6.07, 6.45) is -10.00. The van der Waals surface area contributed by atoms with Crippen molar-refractivity contribution in [1.29, 1.82) is 0 Å². The number of nitrogens with one attached hydrogen (secondary N) is 1. The van der Waals surface area contributed by atoms with Gasteiger partial charge < -0.3 is 5.32 Å². The molecule has 2 aromatic carbocycles. The van der Waals surface area contributed by atoms with Gasteiger partial charge in [-0.1, -0.05) is 23.2 Å². The molecule has 33 heavy (non-hydrogen) atoms. The molecule has 0 saturated heterocycles. The highest BCUT2D eigenvalue weighted by Gasteiger charge is 2.35. The summed E-state index contributed by atoms with van der Waals surface area (Å²) < 4.78 is 79.1. The molecule has 0 atom stereocenters. The first-order valence-electron chi connectivity index (χ1n) is 8.47. The minimum absolute atomic E-state index is 0.00393. The molecule has 0 aliphatic heterocycles. The minimum atomic E-state index is -5.08. The molecule has 0 radical (unpaired) electrons. The highest BCUT2D eigenvalue weighted by atomic mass is 35.5. The van der Waals surface area contributed by atoms with Crippen molar-refractivity contribution in [1.82, 2.24) is 9.55 Å². The Bertz CT molecular complexity index is 1290. The van der Waals surface area contributed by atoms with E-state index < -0.39 is 51.4 Å². The molecule has 0 spiro atoms. The van der Waals surface area contributed by atoms with E-state index in [1.165, 1.54) is 6.07 Å². The van der Waals surface area contributed by atoms with Gasteiger partial charge in [-0.05, 0) is 30.3 Å². The zero-order valence-corrected chi connectivity index (χ0v) is 17.1. The molecule has 0 bridgehead atoms. The number of nitrogens with zero attached hydrogens (tertiary/aromatic N) is 3. The Hall–Kier alpha value is -3.32. The molecule has 7 nitrogen and oxygen atoms in total. The van der Waals surface area contributed by atoms with Crippen LogP contribution >= 0.6 is 23.2 Å². The van der Waals surface area contributed by atoms with Gasteiger partial charge in [0, 0.05) is 22.2 Å². The Morgan fingerprint density at radius 1 is 0.939 bits per heavy atom. The summed E-state index contributed by atoms with van der Waals surface area (Å²) in [5.41, 5.74) is -6.21. The molecular weight excluding hydrogens is 505 g/mol. The Morgan fingerprint density at radius 3 is 2.06 bits per heavy atom. The summed E-state index contributed by atoms with van der Waals surface area (Å²) in [6.45, 7) is 0. The maximum absolute atomic E-state index is 13.2. The second kappa shape index (κ2) is 8.56. The molecule has 0 fully saturated rings. The van der Waals surface area contributed by atoms with Crippen LogP contribution < -0.4 is 10.9 Å². The van der Waals surface area contributed by atoms with Gasteiger partial charge in [-0.15, -0.1) is 0 Å². The quantitative estimate of drug-likeness (QED) is 0.254. The fourth-order valence-corrected chi connectivity index (χ4v) is 3.23. The van der Waals surface area contributed by atoms with Gasteiger partial charge in [-0.25, -0.2) is 9.55 Å². The van der Waals surface area contributed by atoms with Crippen LogP contribution in [0.3, 0.4) is 0 Å². The molecule has 174 valence electrons. The Morgan fingerprint density at radius 2 is 1.55 bits per heavy atom. The van der Waals surface area contributed by atoms with E-state index in [2.05, 4.69) is 10.3 Å². The number of benzene rings is 2. The predicted octanol–water partition coefficient (Wildman–Crippen LogP) is 6.23. The van der Waals surface area contributed by atoms with E-state index in [0.29, 0.717) is 16.7 Å². The van der Waals surface area contributed by atoms with Crippen molar-refractivity contribution in [3.63, 3.8) is 0 Å². The second-order valence-electron chi connectivity index (χ2n) is 6.38. The molecule has 0 saturated carbocycles. The van der Waals surface area contributed by atoms with Crippen molar-refractivity contribution in [2.24, 2.45) is 0 Å². The highest BCUT2D eigenvalue weighted by molar-refractivity contribution is 6.34. The van der Waals surface area contributed by atoms with Gasteiger partial charge >= 0.3 is 12.4 Å². The van der Waals surface area contributed by atoms with Crippen LogP contribution in [0.5, 0.6) is 0 Å². The molecule has 3 rings (SSSR count). The van der Waals surface area contributed by atoms with Gasteiger partial charge in [0.2, 0.25) is 5.95 Å². The first-order valence-corrected chi connectivity index (χ1v) is 9.23. The van der Waals surface area contributed by atoms with E-state index in [0.717, 1.165) is 12.1 Å². The summed E-state index contributed by atoms with van der Waals surface area (Å²) in [6, 6.07) is 5.02. The van der Waals surface area contributed by atoms with Crippen LogP contribution in [0, 0.1) is 10.1 Å². The third-order valence-electron chi connectivity index (χ3n) is 4.08. The fourth-order valence-electron chi connectivity index (χ4n) is 2.71. The molecule has 15 heteroatoms. The lowest BCUT2D eigenvalue weighted by molar-refractivity contribution is -0.384. The number of alkyl halides is 6. The number of hydrogen-bond donors (Lipinski definition) is 1. The number of nitro groups is 1. The maximum Gasteiger partial charge on any atom is 0.433 e. The topological polar surface area (TPSA) is 90.1 Å². The standard InChI is InChI=1S/C18H8Cl2F6N4O3/c19-9-4-10(20)6-11(5-9)29-15(31)7-14(18(24,25)26)28-16(29)27-12-2-1-8(17(21,22)23)3-13(12)30(32)33/h1-7H,(H,27,28).